The predicted molar refractivity (Wildman–Crippen MR) is 120 cm³/mol. The van der Waals surface area contributed by atoms with Crippen LogP contribution in [-0.2, 0) is 4.79 Å². The zero-order valence-electron chi connectivity index (χ0n) is 17.8. The molecule has 1 heterocycles. The number of benzene rings is 3. The number of anilines is 2. The summed E-state index contributed by atoms with van der Waals surface area (Å²) in [5.74, 6) is -2.25. The van der Waals surface area contributed by atoms with E-state index in [0.717, 1.165) is 0 Å². The highest BCUT2D eigenvalue weighted by molar-refractivity contribution is 6.07. The molecule has 1 N–H and O–H groups in total. The third-order valence-corrected chi connectivity index (χ3v) is 5.63. The number of nitrogens with one attached hydrogen (secondary N) is 1. The van der Waals surface area contributed by atoms with E-state index in [1.54, 1.807) is 83.8 Å². The molecule has 1 aliphatic rings. The van der Waals surface area contributed by atoms with Gasteiger partial charge in [0.2, 0.25) is 0 Å². The molecule has 0 radical (unpaired) electrons. The largest absolute Gasteiger partial charge is 0.472 e. The van der Waals surface area contributed by atoms with Crippen molar-refractivity contribution in [2.45, 2.75) is 31.6 Å². The highest BCUT2D eigenvalue weighted by atomic mass is 19.4. The molecular formula is C25H22F3N3O2. The van der Waals surface area contributed by atoms with Gasteiger partial charge in [0.1, 0.15) is 0 Å². The van der Waals surface area contributed by atoms with Gasteiger partial charge in [-0.3, -0.25) is 20.0 Å². The van der Waals surface area contributed by atoms with Gasteiger partial charge in [-0.25, -0.2) is 0 Å². The third kappa shape index (κ3) is 4.55. The standard InChI is InChI=1S/C25H22F3N3O2/c1-17-16-22(31(19-12-6-3-7-13-19)29-24(33)25(26,27)28)20-14-8-9-15-21(20)30(17)23(32)18-10-4-2-5-11-18/h2-15,17,22H,16H2,1H3,(H,29,33)/t17-,22-/m1/s1. The smallest absolute Gasteiger partial charge is 0.305 e. The van der Waals surface area contributed by atoms with Crippen LogP contribution in [0.1, 0.15) is 35.3 Å². The number of hydrogen-bond donors (Lipinski definition) is 1. The molecule has 33 heavy (non-hydrogen) atoms. The van der Waals surface area contributed by atoms with E-state index < -0.39 is 18.1 Å². The van der Waals surface area contributed by atoms with Crippen LogP contribution in [0.5, 0.6) is 0 Å². The highest BCUT2D eigenvalue weighted by Crippen LogP contribution is 2.42. The zero-order valence-corrected chi connectivity index (χ0v) is 17.8. The predicted octanol–water partition coefficient (Wildman–Crippen LogP) is 5.27. The first-order chi connectivity index (χ1) is 15.8. The summed E-state index contributed by atoms with van der Waals surface area (Å²) in [6.45, 7) is 1.85. The zero-order chi connectivity index (χ0) is 23.6. The number of alkyl halides is 3. The van der Waals surface area contributed by atoms with Crippen LogP contribution in [0.2, 0.25) is 0 Å². The molecule has 0 spiro atoms. The lowest BCUT2D eigenvalue weighted by atomic mass is 9.90. The molecular weight excluding hydrogens is 431 g/mol. The topological polar surface area (TPSA) is 52.7 Å². The van der Waals surface area contributed by atoms with Gasteiger partial charge in [0, 0.05) is 22.9 Å². The van der Waals surface area contributed by atoms with Crippen LogP contribution in [0.4, 0.5) is 24.5 Å². The molecule has 0 unspecified atom stereocenters. The Balaban J connectivity index is 1.77. The summed E-state index contributed by atoms with van der Waals surface area (Å²) in [6.07, 6.45) is -4.73. The average molecular weight is 453 g/mol. The molecule has 4 rings (SSSR count). The fourth-order valence-corrected chi connectivity index (χ4v) is 4.14. The number of carbonyl (C=O) groups is 2. The SMILES string of the molecule is C[C@@H]1C[C@@H](N(NC(=O)C(F)(F)F)c2ccccc2)c2ccccc2N1C(=O)c1ccccc1. The van der Waals surface area contributed by atoms with Crippen molar-refractivity contribution in [3.8, 4) is 0 Å². The number of amides is 2. The molecule has 8 heteroatoms. The minimum Gasteiger partial charge on any atom is -0.305 e. The van der Waals surface area contributed by atoms with Crippen molar-refractivity contribution in [2.24, 2.45) is 0 Å². The van der Waals surface area contributed by atoms with Gasteiger partial charge in [-0.15, -0.1) is 0 Å². The van der Waals surface area contributed by atoms with E-state index >= 15 is 0 Å². The highest BCUT2D eigenvalue weighted by Gasteiger charge is 2.43. The number of carbonyl (C=O) groups excluding carboxylic acids is 2. The Morgan fingerprint density at radius 1 is 0.909 bits per heavy atom. The fourth-order valence-electron chi connectivity index (χ4n) is 4.14. The number of hydrogen-bond acceptors (Lipinski definition) is 3. The van der Waals surface area contributed by atoms with Gasteiger partial charge in [-0.2, -0.15) is 13.2 Å². The summed E-state index contributed by atoms with van der Waals surface area (Å²) in [6, 6.07) is 23.3. The summed E-state index contributed by atoms with van der Waals surface area (Å²) in [5, 5.41) is 1.25. The van der Waals surface area contributed by atoms with Gasteiger partial charge in [0.15, 0.2) is 0 Å². The van der Waals surface area contributed by atoms with Crippen LogP contribution >= 0.6 is 0 Å². The Hall–Kier alpha value is -3.81. The lowest BCUT2D eigenvalue weighted by Gasteiger charge is -2.44. The van der Waals surface area contributed by atoms with Crippen molar-refractivity contribution < 1.29 is 22.8 Å². The Kier molecular flexibility index (Phi) is 6.09. The molecule has 3 aromatic rings. The van der Waals surface area contributed by atoms with Crippen LogP contribution in [-0.4, -0.2) is 24.0 Å². The molecule has 170 valence electrons. The van der Waals surface area contributed by atoms with Crippen molar-refractivity contribution in [2.75, 3.05) is 9.91 Å². The summed E-state index contributed by atoms with van der Waals surface area (Å²) < 4.78 is 39.4. The van der Waals surface area contributed by atoms with Crippen molar-refractivity contribution in [1.82, 2.24) is 5.43 Å². The molecule has 2 amide bonds. The fraction of sp³-hybridized carbons (Fsp3) is 0.200. The van der Waals surface area contributed by atoms with E-state index in [1.165, 1.54) is 5.01 Å². The van der Waals surface area contributed by atoms with Crippen LogP contribution in [0.25, 0.3) is 0 Å². The Morgan fingerprint density at radius 2 is 1.48 bits per heavy atom. The third-order valence-electron chi connectivity index (χ3n) is 5.63. The molecule has 0 aliphatic carbocycles. The first kappa shape index (κ1) is 22.4. The molecule has 0 bridgehead atoms. The lowest BCUT2D eigenvalue weighted by Crippen LogP contribution is -2.53. The second-order valence-corrected chi connectivity index (χ2v) is 7.84. The molecule has 0 saturated carbocycles. The van der Waals surface area contributed by atoms with E-state index in [-0.39, 0.29) is 11.9 Å². The number of fused-ring (bicyclic) bond motifs is 1. The van der Waals surface area contributed by atoms with E-state index in [9.17, 15) is 22.8 Å². The maximum absolute atomic E-state index is 13.3. The van der Waals surface area contributed by atoms with E-state index in [2.05, 4.69) is 0 Å². The molecule has 0 saturated heterocycles. The van der Waals surface area contributed by atoms with E-state index in [1.807, 2.05) is 18.4 Å². The number of rotatable bonds is 4. The second-order valence-electron chi connectivity index (χ2n) is 7.84. The van der Waals surface area contributed by atoms with E-state index in [0.29, 0.717) is 28.9 Å². The maximum atomic E-state index is 13.3. The van der Waals surface area contributed by atoms with Gasteiger partial charge in [0.25, 0.3) is 5.91 Å². The quantitative estimate of drug-likeness (QED) is 0.548. The Labute approximate surface area is 189 Å². The van der Waals surface area contributed by atoms with Crippen LogP contribution in [0, 0.1) is 0 Å². The van der Waals surface area contributed by atoms with Gasteiger partial charge < -0.3 is 4.90 Å². The first-order valence-corrected chi connectivity index (χ1v) is 10.5. The molecule has 2 atom stereocenters. The monoisotopic (exact) mass is 453 g/mol. The first-order valence-electron chi connectivity index (χ1n) is 10.5. The Bertz CT molecular complexity index is 1140. The molecule has 3 aromatic carbocycles. The number of hydrazine groups is 1. The van der Waals surface area contributed by atoms with Crippen molar-refractivity contribution in [3.05, 3.63) is 96.1 Å². The summed E-state index contributed by atoms with van der Waals surface area (Å²) in [4.78, 5) is 26.9. The van der Waals surface area contributed by atoms with Crippen LogP contribution < -0.4 is 15.3 Å². The molecule has 0 aromatic heterocycles. The lowest BCUT2D eigenvalue weighted by molar-refractivity contribution is -0.174. The average Bonchev–Trinajstić information content (AvgIpc) is 2.82. The number of halogens is 3. The minimum atomic E-state index is -5.04. The van der Waals surface area contributed by atoms with Crippen molar-refractivity contribution >= 4 is 23.2 Å². The molecule has 1 aliphatic heterocycles. The van der Waals surface area contributed by atoms with Crippen LogP contribution in [0.15, 0.2) is 84.9 Å². The van der Waals surface area contributed by atoms with Crippen LogP contribution in [0.3, 0.4) is 0 Å². The maximum Gasteiger partial charge on any atom is 0.472 e. The number of para-hydroxylation sites is 2. The van der Waals surface area contributed by atoms with Gasteiger partial charge in [-0.05, 0) is 43.7 Å². The van der Waals surface area contributed by atoms with Crippen molar-refractivity contribution in [1.29, 1.82) is 0 Å². The number of nitrogens with zero attached hydrogens (tertiary/aromatic N) is 2. The summed E-state index contributed by atoms with van der Waals surface area (Å²) in [7, 11) is 0. The second kappa shape index (κ2) is 8.97. The minimum absolute atomic E-state index is 0.195. The summed E-state index contributed by atoms with van der Waals surface area (Å²) >= 11 is 0. The van der Waals surface area contributed by atoms with Gasteiger partial charge in [-0.1, -0.05) is 54.6 Å². The van der Waals surface area contributed by atoms with Gasteiger partial charge in [0.05, 0.1) is 11.7 Å². The Morgan fingerprint density at radius 3 is 2.12 bits per heavy atom. The summed E-state index contributed by atoms with van der Waals surface area (Å²) in [5.41, 5.74) is 4.21. The van der Waals surface area contributed by atoms with Crippen molar-refractivity contribution in [3.63, 3.8) is 0 Å². The molecule has 0 fully saturated rings. The van der Waals surface area contributed by atoms with Gasteiger partial charge >= 0.3 is 12.1 Å². The van der Waals surface area contributed by atoms with E-state index in [4.69, 9.17) is 0 Å². The molecule has 5 nitrogen and oxygen atoms in total. The normalized spacial score (nSPS) is 17.8.